The van der Waals surface area contributed by atoms with Crippen molar-refractivity contribution in [3.05, 3.63) is 58.3 Å². The van der Waals surface area contributed by atoms with E-state index < -0.39 is 12.1 Å². The average Bonchev–Trinajstić information content (AvgIpc) is 3.41. The molecular formula is C20H16Cl2FN5O2S. The summed E-state index contributed by atoms with van der Waals surface area (Å²) in [5, 5.41) is 14.9. The van der Waals surface area contributed by atoms with Gasteiger partial charge in [-0.15, -0.1) is 10.2 Å². The summed E-state index contributed by atoms with van der Waals surface area (Å²) in [6.07, 6.45) is 1.19. The van der Waals surface area contributed by atoms with Gasteiger partial charge in [-0.05, 0) is 49.2 Å². The van der Waals surface area contributed by atoms with Crippen LogP contribution in [0.5, 0.6) is 0 Å². The number of nitrogens with zero attached hydrogens (tertiary/aromatic N) is 3. The molecule has 0 aliphatic carbocycles. The van der Waals surface area contributed by atoms with Gasteiger partial charge in [-0.1, -0.05) is 40.6 Å². The lowest BCUT2D eigenvalue weighted by Crippen LogP contribution is -2.45. The molecule has 11 heteroatoms. The SMILES string of the molecule is O=C(Nc1nnc(-c2ccc(F)cc2)s1)C1CCCN1C(=O)Nc1c(Cl)cccc1Cl. The molecule has 3 aromatic rings. The van der Waals surface area contributed by atoms with Crippen LogP contribution in [-0.4, -0.2) is 39.6 Å². The van der Waals surface area contributed by atoms with E-state index in [2.05, 4.69) is 20.8 Å². The molecule has 1 fully saturated rings. The number of carbonyl (C=O) groups excluding carboxylic acids is 2. The largest absolute Gasteiger partial charge is 0.322 e. The first-order valence-corrected chi connectivity index (χ1v) is 10.9. The lowest BCUT2D eigenvalue weighted by Gasteiger charge is -2.24. The second-order valence-corrected chi connectivity index (χ2v) is 8.58. The fourth-order valence-electron chi connectivity index (χ4n) is 3.25. The quantitative estimate of drug-likeness (QED) is 0.532. The Balaban J connectivity index is 1.43. The number of nitrogens with one attached hydrogen (secondary N) is 2. The molecule has 7 nitrogen and oxygen atoms in total. The number of amides is 3. The van der Waals surface area contributed by atoms with Gasteiger partial charge in [0.05, 0.1) is 15.7 Å². The molecule has 1 saturated heterocycles. The number of likely N-dealkylation sites (tertiary alicyclic amines) is 1. The number of hydrogen-bond acceptors (Lipinski definition) is 5. The molecule has 0 saturated carbocycles. The monoisotopic (exact) mass is 479 g/mol. The van der Waals surface area contributed by atoms with Crippen molar-refractivity contribution in [2.75, 3.05) is 17.2 Å². The lowest BCUT2D eigenvalue weighted by atomic mass is 10.2. The molecule has 160 valence electrons. The van der Waals surface area contributed by atoms with Crippen LogP contribution in [0.1, 0.15) is 12.8 Å². The summed E-state index contributed by atoms with van der Waals surface area (Å²) in [5.41, 5.74) is 0.993. The number of para-hydroxylation sites is 1. The Morgan fingerprint density at radius 3 is 2.48 bits per heavy atom. The van der Waals surface area contributed by atoms with E-state index in [1.165, 1.54) is 17.0 Å². The van der Waals surface area contributed by atoms with Crippen LogP contribution in [0.2, 0.25) is 10.0 Å². The highest BCUT2D eigenvalue weighted by molar-refractivity contribution is 7.18. The highest BCUT2D eigenvalue weighted by Crippen LogP contribution is 2.31. The molecule has 1 aromatic heterocycles. The predicted octanol–water partition coefficient (Wildman–Crippen LogP) is 5.29. The van der Waals surface area contributed by atoms with Crippen molar-refractivity contribution in [2.24, 2.45) is 0 Å². The Morgan fingerprint density at radius 1 is 1.06 bits per heavy atom. The van der Waals surface area contributed by atoms with Gasteiger partial charge in [0.2, 0.25) is 11.0 Å². The number of hydrogen-bond donors (Lipinski definition) is 2. The summed E-state index contributed by atoms with van der Waals surface area (Å²) in [5.74, 6) is -0.709. The first-order chi connectivity index (χ1) is 14.9. The van der Waals surface area contributed by atoms with E-state index in [-0.39, 0.29) is 11.7 Å². The molecule has 2 heterocycles. The third kappa shape index (κ3) is 4.79. The first-order valence-electron chi connectivity index (χ1n) is 9.34. The molecule has 2 aromatic carbocycles. The zero-order valence-electron chi connectivity index (χ0n) is 15.9. The number of carbonyl (C=O) groups is 2. The van der Waals surface area contributed by atoms with Gasteiger partial charge in [0.1, 0.15) is 16.9 Å². The fraction of sp³-hybridized carbons (Fsp3) is 0.200. The van der Waals surface area contributed by atoms with E-state index in [0.717, 1.165) is 11.3 Å². The highest BCUT2D eigenvalue weighted by atomic mass is 35.5. The van der Waals surface area contributed by atoms with Gasteiger partial charge in [-0.3, -0.25) is 10.1 Å². The van der Waals surface area contributed by atoms with Crippen molar-refractivity contribution in [3.8, 4) is 10.6 Å². The molecular weight excluding hydrogens is 464 g/mol. The molecule has 2 N–H and O–H groups in total. The third-order valence-corrected chi connectivity index (χ3v) is 6.28. The third-order valence-electron chi connectivity index (χ3n) is 4.76. The second-order valence-electron chi connectivity index (χ2n) is 6.79. The van der Waals surface area contributed by atoms with Crippen LogP contribution in [0.3, 0.4) is 0 Å². The summed E-state index contributed by atoms with van der Waals surface area (Å²) in [4.78, 5) is 27.0. The minimum Gasteiger partial charge on any atom is -0.312 e. The zero-order valence-corrected chi connectivity index (χ0v) is 18.3. The van der Waals surface area contributed by atoms with Crippen LogP contribution in [0.25, 0.3) is 10.6 Å². The van der Waals surface area contributed by atoms with Gasteiger partial charge in [0.15, 0.2) is 0 Å². The van der Waals surface area contributed by atoms with Crippen LogP contribution >= 0.6 is 34.5 Å². The number of rotatable bonds is 4. The van der Waals surface area contributed by atoms with Gasteiger partial charge in [0, 0.05) is 12.1 Å². The van der Waals surface area contributed by atoms with E-state index in [1.54, 1.807) is 30.3 Å². The van der Waals surface area contributed by atoms with Gasteiger partial charge < -0.3 is 10.2 Å². The Labute approximate surface area is 191 Å². The summed E-state index contributed by atoms with van der Waals surface area (Å²) in [7, 11) is 0. The number of halogens is 3. The minimum atomic E-state index is -0.667. The first kappa shape index (κ1) is 21.5. The van der Waals surface area contributed by atoms with Gasteiger partial charge in [0.25, 0.3) is 0 Å². The van der Waals surface area contributed by atoms with Crippen molar-refractivity contribution in [1.29, 1.82) is 0 Å². The fourth-order valence-corrected chi connectivity index (χ4v) is 4.49. The van der Waals surface area contributed by atoms with Crippen LogP contribution < -0.4 is 10.6 Å². The molecule has 1 aliphatic rings. The van der Waals surface area contributed by atoms with Crippen molar-refractivity contribution < 1.29 is 14.0 Å². The number of aromatic nitrogens is 2. The number of urea groups is 1. The van der Waals surface area contributed by atoms with E-state index in [9.17, 15) is 14.0 Å². The maximum absolute atomic E-state index is 13.1. The van der Waals surface area contributed by atoms with Gasteiger partial charge in [-0.25, -0.2) is 9.18 Å². The molecule has 1 unspecified atom stereocenters. The summed E-state index contributed by atoms with van der Waals surface area (Å²) in [6, 6.07) is 9.61. The van der Waals surface area contributed by atoms with Gasteiger partial charge in [-0.2, -0.15) is 0 Å². The van der Waals surface area contributed by atoms with E-state index >= 15 is 0 Å². The number of anilines is 2. The predicted molar refractivity (Wildman–Crippen MR) is 119 cm³/mol. The van der Waals surface area contributed by atoms with Crippen molar-refractivity contribution in [2.45, 2.75) is 18.9 Å². The molecule has 3 amide bonds. The molecule has 1 atom stereocenters. The maximum atomic E-state index is 13.1. The van der Waals surface area contributed by atoms with E-state index in [0.29, 0.717) is 50.8 Å². The Bertz CT molecular complexity index is 1100. The smallest absolute Gasteiger partial charge is 0.312 e. The summed E-state index contributed by atoms with van der Waals surface area (Å²) >= 11 is 13.4. The Hall–Kier alpha value is -2.75. The molecule has 0 spiro atoms. The molecule has 0 bridgehead atoms. The van der Waals surface area contributed by atoms with E-state index in [4.69, 9.17) is 23.2 Å². The normalized spacial score (nSPS) is 15.7. The Morgan fingerprint density at radius 2 is 1.77 bits per heavy atom. The van der Waals surface area contributed by atoms with Crippen molar-refractivity contribution >= 4 is 57.3 Å². The minimum absolute atomic E-state index is 0.297. The summed E-state index contributed by atoms with van der Waals surface area (Å²) in [6.45, 7) is 0.420. The topological polar surface area (TPSA) is 87.2 Å². The van der Waals surface area contributed by atoms with Crippen molar-refractivity contribution in [3.63, 3.8) is 0 Å². The lowest BCUT2D eigenvalue weighted by molar-refractivity contribution is -0.119. The molecule has 31 heavy (non-hydrogen) atoms. The molecule has 1 aliphatic heterocycles. The van der Waals surface area contributed by atoms with Crippen LogP contribution in [0.15, 0.2) is 42.5 Å². The highest BCUT2D eigenvalue weighted by Gasteiger charge is 2.35. The van der Waals surface area contributed by atoms with E-state index in [1.807, 2.05) is 0 Å². The van der Waals surface area contributed by atoms with Gasteiger partial charge >= 0.3 is 6.03 Å². The van der Waals surface area contributed by atoms with Crippen LogP contribution in [-0.2, 0) is 4.79 Å². The van der Waals surface area contributed by atoms with Crippen LogP contribution in [0, 0.1) is 5.82 Å². The zero-order chi connectivity index (χ0) is 22.0. The van der Waals surface area contributed by atoms with Crippen LogP contribution in [0.4, 0.5) is 20.0 Å². The summed E-state index contributed by atoms with van der Waals surface area (Å²) < 4.78 is 13.1. The Kier molecular flexibility index (Phi) is 6.35. The molecule has 4 rings (SSSR count). The standard InChI is InChI=1S/C20H16Cl2FN5O2S/c21-13-3-1-4-14(22)16(13)24-20(30)28-10-2-5-15(28)17(29)25-19-27-26-18(31-19)11-6-8-12(23)9-7-11/h1,3-4,6-9,15H,2,5,10H2,(H,24,30)(H,25,27,29). The molecule has 0 radical (unpaired) electrons. The average molecular weight is 480 g/mol. The number of benzene rings is 2. The maximum Gasteiger partial charge on any atom is 0.322 e. The second kappa shape index (κ2) is 9.17. The van der Waals surface area contributed by atoms with Crippen molar-refractivity contribution in [1.82, 2.24) is 15.1 Å².